The second kappa shape index (κ2) is 5.29. The van der Waals surface area contributed by atoms with Crippen LogP contribution in [0.15, 0.2) is 30.3 Å². The maximum absolute atomic E-state index is 5.95. The van der Waals surface area contributed by atoms with Gasteiger partial charge < -0.3 is 4.52 Å². The first-order chi connectivity index (χ1) is 7.78. The van der Waals surface area contributed by atoms with Crippen LogP contribution in [0, 0.1) is 5.41 Å². The van der Waals surface area contributed by atoms with Crippen LogP contribution in [-0.4, -0.2) is 6.10 Å². The van der Waals surface area contributed by atoms with Gasteiger partial charge in [-0.3, -0.25) is 0 Å². The minimum absolute atomic E-state index is 0.512. The highest BCUT2D eigenvalue weighted by Crippen LogP contribution is 2.49. The lowest BCUT2D eigenvalue weighted by molar-refractivity contribution is -0.0114. The number of rotatable bonds is 5. The van der Waals surface area contributed by atoms with E-state index in [1.165, 1.54) is 31.0 Å². The van der Waals surface area contributed by atoms with E-state index in [0.29, 0.717) is 20.3 Å². The molecule has 1 unspecified atom stereocenters. The van der Waals surface area contributed by atoms with Crippen molar-refractivity contribution in [3.8, 4) is 0 Å². The minimum Gasteiger partial charge on any atom is -0.354 e. The molecule has 0 amide bonds. The largest absolute Gasteiger partial charge is 0.354 e. The van der Waals surface area contributed by atoms with E-state index in [2.05, 4.69) is 44.2 Å². The second-order valence-corrected chi connectivity index (χ2v) is 5.84. The Balaban J connectivity index is 1.74. The standard InChI is InChI=1S/C14H21OP/c1-3-14(4-2)10-12(11-14)15-16-13-8-6-5-7-9-13/h5-9,12,16H,3-4,10-11H2,1-2H3. The molecule has 16 heavy (non-hydrogen) atoms. The third-order valence-electron chi connectivity index (χ3n) is 3.94. The summed E-state index contributed by atoms with van der Waals surface area (Å²) >= 11 is 0. The maximum Gasteiger partial charge on any atom is 0.0629 e. The molecule has 0 aromatic heterocycles. The molecule has 0 bridgehead atoms. The molecule has 1 aliphatic carbocycles. The molecule has 0 radical (unpaired) electrons. The summed E-state index contributed by atoms with van der Waals surface area (Å²) < 4.78 is 5.95. The van der Waals surface area contributed by atoms with Crippen LogP contribution < -0.4 is 5.30 Å². The normalized spacial score (nSPS) is 20.1. The summed E-state index contributed by atoms with van der Waals surface area (Å²) in [5, 5.41) is 1.31. The molecule has 1 nitrogen and oxygen atoms in total. The van der Waals surface area contributed by atoms with Crippen LogP contribution in [0.2, 0.25) is 0 Å². The van der Waals surface area contributed by atoms with Gasteiger partial charge in [0.25, 0.3) is 0 Å². The summed E-state index contributed by atoms with van der Waals surface area (Å²) in [5.74, 6) is 0. The summed E-state index contributed by atoms with van der Waals surface area (Å²) in [6.45, 7) is 4.61. The molecule has 1 aromatic carbocycles. The monoisotopic (exact) mass is 236 g/mol. The van der Waals surface area contributed by atoms with Crippen molar-refractivity contribution in [3.05, 3.63) is 30.3 Å². The Hall–Kier alpha value is -0.390. The summed E-state index contributed by atoms with van der Waals surface area (Å²) in [7, 11) is 0.522. The SMILES string of the molecule is CCC1(CC)CC(OPc2ccccc2)C1. The first kappa shape index (κ1) is 12.1. The average molecular weight is 236 g/mol. The molecule has 1 fully saturated rings. The molecule has 2 rings (SSSR count). The molecule has 88 valence electrons. The van der Waals surface area contributed by atoms with E-state index in [-0.39, 0.29) is 0 Å². The number of hydrogen-bond acceptors (Lipinski definition) is 1. The fourth-order valence-electron chi connectivity index (χ4n) is 2.47. The highest BCUT2D eigenvalue weighted by molar-refractivity contribution is 7.41. The van der Waals surface area contributed by atoms with Gasteiger partial charge in [-0.1, -0.05) is 57.0 Å². The summed E-state index contributed by atoms with van der Waals surface area (Å²) in [5.41, 5.74) is 0.603. The van der Waals surface area contributed by atoms with E-state index in [9.17, 15) is 0 Å². The quantitative estimate of drug-likeness (QED) is 0.705. The van der Waals surface area contributed by atoms with Crippen molar-refractivity contribution in [2.45, 2.75) is 45.6 Å². The lowest BCUT2D eigenvalue weighted by Gasteiger charge is -2.46. The Kier molecular flexibility index (Phi) is 4.00. The average Bonchev–Trinajstić information content (AvgIpc) is 2.30. The van der Waals surface area contributed by atoms with Gasteiger partial charge in [0.05, 0.1) is 6.10 Å². The first-order valence-electron chi connectivity index (χ1n) is 6.25. The van der Waals surface area contributed by atoms with Crippen molar-refractivity contribution < 1.29 is 4.52 Å². The molecular weight excluding hydrogens is 215 g/mol. The fraction of sp³-hybridized carbons (Fsp3) is 0.571. The molecule has 1 atom stereocenters. The van der Waals surface area contributed by atoms with Crippen LogP contribution >= 0.6 is 8.81 Å². The lowest BCUT2D eigenvalue weighted by atomic mass is 9.64. The van der Waals surface area contributed by atoms with Gasteiger partial charge in [0, 0.05) is 8.81 Å². The Morgan fingerprint density at radius 2 is 1.81 bits per heavy atom. The van der Waals surface area contributed by atoms with Gasteiger partial charge in [-0.05, 0) is 23.6 Å². The third-order valence-corrected chi connectivity index (χ3v) is 4.96. The Bertz CT molecular complexity index is 311. The Morgan fingerprint density at radius 1 is 1.19 bits per heavy atom. The number of hydrogen-bond donors (Lipinski definition) is 0. The molecule has 0 saturated heterocycles. The molecule has 0 spiro atoms. The van der Waals surface area contributed by atoms with Gasteiger partial charge in [-0.25, -0.2) is 0 Å². The predicted molar refractivity (Wildman–Crippen MR) is 71.5 cm³/mol. The van der Waals surface area contributed by atoms with E-state index in [1.807, 2.05) is 0 Å². The van der Waals surface area contributed by atoms with E-state index < -0.39 is 0 Å². The van der Waals surface area contributed by atoms with Crippen LogP contribution in [0.1, 0.15) is 39.5 Å². The Morgan fingerprint density at radius 3 is 2.38 bits per heavy atom. The van der Waals surface area contributed by atoms with Crippen molar-refractivity contribution in [2.24, 2.45) is 5.41 Å². The molecule has 0 heterocycles. The van der Waals surface area contributed by atoms with Crippen LogP contribution in [0.3, 0.4) is 0 Å². The highest BCUT2D eigenvalue weighted by Gasteiger charge is 2.41. The topological polar surface area (TPSA) is 9.23 Å². The maximum atomic E-state index is 5.95. The van der Waals surface area contributed by atoms with E-state index in [1.54, 1.807) is 0 Å². The van der Waals surface area contributed by atoms with Crippen molar-refractivity contribution in [1.29, 1.82) is 0 Å². The van der Waals surface area contributed by atoms with Crippen LogP contribution in [-0.2, 0) is 4.52 Å². The van der Waals surface area contributed by atoms with Gasteiger partial charge in [0.2, 0.25) is 0 Å². The molecule has 1 aliphatic rings. The van der Waals surface area contributed by atoms with Crippen LogP contribution in [0.4, 0.5) is 0 Å². The molecule has 1 saturated carbocycles. The van der Waals surface area contributed by atoms with Gasteiger partial charge in [0.1, 0.15) is 0 Å². The lowest BCUT2D eigenvalue weighted by Crippen LogP contribution is -2.40. The fourth-order valence-corrected chi connectivity index (χ4v) is 3.27. The van der Waals surface area contributed by atoms with Gasteiger partial charge in [-0.15, -0.1) is 0 Å². The van der Waals surface area contributed by atoms with Gasteiger partial charge >= 0.3 is 0 Å². The van der Waals surface area contributed by atoms with E-state index >= 15 is 0 Å². The van der Waals surface area contributed by atoms with Crippen molar-refractivity contribution in [2.75, 3.05) is 0 Å². The highest BCUT2D eigenvalue weighted by atomic mass is 31.1. The van der Waals surface area contributed by atoms with Crippen LogP contribution in [0.25, 0.3) is 0 Å². The molecule has 2 heteroatoms. The van der Waals surface area contributed by atoms with Crippen molar-refractivity contribution in [1.82, 2.24) is 0 Å². The smallest absolute Gasteiger partial charge is 0.0629 e. The molecule has 0 aliphatic heterocycles. The van der Waals surface area contributed by atoms with Gasteiger partial charge in [0.15, 0.2) is 0 Å². The predicted octanol–water partition coefficient (Wildman–Crippen LogP) is 3.89. The zero-order chi connectivity index (χ0) is 11.4. The first-order valence-corrected chi connectivity index (χ1v) is 7.15. The summed E-state index contributed by atoms with van der Waals surface area (Å²) in [6, 6.07) is 10.5. The summed E-state index contributed by atoms with van der Waals surface area (Å²) in [6.07, 6.45) is 5.65. The number of benzene rings is 1. The molecule has 0 N–H and O–H groups in total. The minimum atomic E-state index is 0.512. The zero-order valence-electron chi connectivity index (χ0n) is 10.2. The van der Waals surface area contributed by atoms with E-state index in [4.69, 9.17) is 4.52 Å². The van der Waals surface area contributed by atoms with Crippen LogP contribution in [0.5, 0.6) is 0 Å². The van der Waals surface area contributed by atoms with Crippen molar-refractivity contribution >= 4 is 14.1 Å². The second-order valence-electron chi connectivity index (χ2n) is 4.82. The van der Waals surface area contributed by atoms with Gasteiger partial charge in [-0.2, -0.15) is 0 Å². The van der Waals surface area contributed by atoms with E-state index in [0.717, 1.165) is 0 Å². The summed E-state index contributed by atoms with van der Waals surface area (Å²) in [4.78, 5) is 0. The molecular formula is C14H21OP. The van der Waals surface area contributed by atoms with Crippen molar-refractivity contribution in [3.63, 3.8) is 0 Å². The third kappa shape index (κ3) is 2.64. The Labute approximate surface area is 100 Å². The zero-order valence-corrected chi connectivity index (χ0v) is 11.2. The molecule has 1 aromatic rings.